The summed E-state index contributed by atoms with van der Waals surface area (Å²) in [6.07, 6.45) is 5.88. The fourth-order valence-corrected chi connectivity index (χ4v) is 1.33. The van der Waals surface area contributed by atoms with Gasteiger partial charge in [-0.2, -0.15) is 0 Å². The molecule has 1 rings (SSSR count). The number of rotatable bonds is 4. The molecule has 1 N–H and O–H groups in total. The standard InChI is InChI=1S/C11H15NO4/c1-3-15-9(13)11(10(14)16-4-2)5-7-12-8-6-11/h5-8,12H,3-4H2,1-2H3. The lowest BCUT2D eigenvalue weighted by Crippen LogP contribution is -2.40. The van der Waals surface area contributed by atoms with Crippen molar-refractivity contribution in [1.29, 1.82) is 0 Å². The maximum atomic E-state index is 11.8. The van der Waals surface area contributed by atoms with Gasteiger partial charge in [0.15, 0.2) is 0 Å². The van der Waals surface area contributed by atoms with E-state index in [1.165, 1.54) is 24.6 Å². The molecule has 0 amide bonds. The molecule has 0 unspecified atom stereocenters. The fraction of sp³-hybridized carbons (Fsp3) is 0.455. The highest BCUT2D eigenvalue weighted by atomic mass is 16.6. The van der Waals surface area contributed by atoms with Crippen LogP contribution in [0.25, 0.3) is 0 Å². The van der Waals surface area contributed by atoms with Gasteiger partial charge in [0.25, 0.3) is 0 Å². The van der Waals surface area contributed by atoms with Crippen molar-refractivity contribution in [2.45, 2.75) is 13.8 Å². The molecule has 0 radical (unpaired) electrons. The maximum absolute atomic E-state index is 11.8. The summed E-state index contributed by atoms with van der Waals surface area (Å²) in [5, 5.41) is 2.76. The molecule has 1 aliphatic heterocycles. The smallest absolute Gasteiger partial charge is 0.331 e. The highest BCUT2D eigenvalue weighted by Crippen LogP contribution is 2.27. The van der Waals surface area contributed by atoms with E-state index in [9.17, 15) is 9.59 Å². The van der Waals surface area contributed by atoms with E-state index in [0.717, 1.165) is 0 Å². The number of dihydropyridines is 1. The number of carbonyl (C=O) groups excluding carboxylic acids is 2. The summed E-state index contributed by atoms with van der Waals surface area (Å²) < 4.78 is 9.76. The molecule has 1 aliphatic rings. The molecule has 0 bridgehead atoms. The Kier molecular flexibility index (Phi) is 4.10. The van der Waals surface area contributed by atoms with E-state index < -0.39 is 17.4 Å². The van der Waals surface area contributed by atoms with Gasteiger partial charge in [-0.25, -0.2) is 0 Å². The number of esters is 2. The summed E-state index contributed by atoms with van der Waals surface area (Å²) in [4.78, 5) is 23.6. The third-order valence-corrected chi connectivity index (χ3v) is 2.11. The van der Waals surface area contributed by atoms with Crippen molar-refractivity contribution in [3.8, 4) is 0 Å². The lowest BCUT2D eigenvalue weighted by atomic mass is 9.87. The van der Waals surface area contributed by atoms with Crippen molar-refractivity contribution in [2.75, 3.05) is 13.2 Å². The van der Waals surface area contributed by atoms with E-state index in [1.54, 1.807) is 13.8 Å². The van der Waals surface area contributed by atoms with Crippen molar-refractivity contribution < 1.29 is 19.1 Å². The zero-order valence-corrected chi connectivity index (χ0v) is 9.36. The average Bonchev–Trinajstić information content (AvgIpc) is 2.30. The first kappa shape index (κ1) is 12.3. The molecular formula is C11H15NO4. The Morgan fingerprint density at radius 3 is 1.88 bits per heavy atom. The molecule has 0 atom stereocenters. The molecule has 16 heavy (non-hydrogen) atoms. The zero-order valence-electron chi connectivity index (χ0n) is 9.36. The van der Waals surface area contributed by atoms with Crippen LogP contribution in [0.4, 0.5) is 0 Å². The van der Waals surface area contributed by atoms with E-state index in [0.29, 0.717) is 0 Å². The number of carbonyl (C=O) groups is 2. The largest absolute Gasteiger partial charge is 0.465 e. The highest BCUT2D eigenvalue weighted by Gasteiger charge is 2.45. The third kappa shape index (κ3) is 2.24. The predicted octanol–water partition coefficient (Wildman–Crippen LogP) is 0.730. The van der Waals surface area contributed by atoms with Crippen LogP contribution < -0.4 is 5.32 Å². The van der Waals surface area contributed by atoms with Crippen molar-refractivity contribution in [2.24, 2.45) is 5.41 Å². The molecule has 88 valence electrons. The molecular weight excluding hydrogens is 210 g/mol. The van der Waals surface area contributed by atoms with Crippen LogP contribution in [0.15, 0.2) is 24.6 Å². The molecule has 5 heteroatoms. The minimum absolute atomic E-state index is 0.217. The first-order valence-electron chi connectivity index (χ1n) is 5.13. The van der Waals surface area contributed by atoms with Crippen molar-refractivity contribution >= 4 is 11.9 Å². The van der Waals surface area contributed by atoms with Crippen molar-refractivity contribution in [3.05, 3.63) is 24.6 Å². The Morgan fingerprint density at radius 1 is 1.06 bits per heavy atom. The minimum Gasteiger partial charge on any atom is -0.465 e. The van der Waals surface area contributed by atoms with Crippen LogP contribution in [-0.2, 0) is 19.1 Å². The average molecular weight is 225 g/mol. The summed E-state index contributed by atoms with van der Waals surface area (Å²) in [6, 6.07) is 0. The van der Waals surface area contributed by atoms with Gasteiger partial charge in [0.2, 0.25) is 5.41 Å². The summed E-state index contributed by atoms with van der Waals surface area (Å²) >= 11 is 0. The van der Waals surface area contributed by atoms with Crippen LogP contribution in [0.1, 0.15) is 13.8 Å². The molecule has 0 saturated carbocycles. The second-order valence-electron chi connectivity index (χ2n) is 3.14. The van der Waals surface area contributed by atoms with Gasteiger partial charge in [0.05, 0.1) is 13.2 Å². The van der Waals surface area contributed by atoms with Gasteiger partial charge < -0.3 is 14.8 Å². The zero-order chi connectivity index (χ0) is 12.0. The molecule has 0 aromatic rings. The summed E-state index contributed by atoms with van der Waals surface area (Å²) in [5.41, 5.74) is -1.45. The molecule has 1 heterocycles. The molecule has 0 spiro atoms. The van der Waals surface area contributed by atoms with E-state index in [-0.39, 0.29) is 13.2 Å². The van der Waals surface area contributed by atoms with E-state index in [1.807, 2.05) is 0 Å². The second kappa shape index (κ2) is 5.34. The van der Waals surface area contributed by atoms with Gasteiger partial charge in [-0.3, -0.25) is 9.59 Å². The molecule has 0 fully saturated rings. The number of hydrogen-bond donors (Lipinski definition) is 1. The summed E-state index contributed by atoms with van der Waals surface area (Å²) in [7, 11) is 0. The van der Waals surface area contributed by atoms with Crippen LogP contribution in [0.3, 0.4) is 0 Å². The molecule has 0 saturated heterocycles. The van der Waals surface area contributed by atoms with Gasteiger partial charge in [-0.05, 0) is 38.4 Å². The lowest BCUT2D eigenvalue weighted by molar-refractivity contribution is -0.164. The van der Waals surface area contributed by atoms with Gasteiger partial charge in [0, 0.05) is 0 Å². The molecule has 0 aromatic carbocycles. The predicted molar refractivity (Wildman–Crippen MR) is 57.1 cm³/mol. The van der Waals surface area contributed by atoms with Crippen LogP contribution >= 0.6 is 0 Å². The van der Waals surface area contributed by atoms with E-state index >= 15 is 0 Å². The Hall–Kier alpha value is -1.78. The quantitative estimate of drug-likeness (QED) is 0.564. The van der Waals surface area contributed by atoms with Gasteiger partial charge in [-0.15, -0.1) is 0 Å². The van der Waals surface area contributed by atoms with Crippen molar-refractivity contribution in [3.63, 3.8) is 0 Å². The Labute approximate surface area is 94.1 Å². The second-order valence-corrected chi connectivity index (χ2v) is 3.14. The van der Waals surface area contributed by atoms with Gasteiger partial charge >= 0.3 is 11.9 Å². The topological polar surface area (TPSA) is 64.6 Å². The number of hydrogen-bond acceptors (Lipinski definition) is 5. The van der Waals surface area contributed by atoms with Crippen LogP contribution in [-0.4, -0.2) is 25.2 Å². The van der Waals surface area contributed by atoms with Crippen LogP contribution in [0.5, 0.6) is 0 Å². The monoisotopic (exact) mass is 225 g/mol. The molecule has 5 nitrogen and oxygen atoms in total. The maximum Gasteiger partial charge on any atom is 0.331 e. The van der Waals surface area contributed by atoms with Gasteiger partial charge in [0.1, 0.15) is 0 Å². The molecule has 0 aromatic heterocycles. The Balaban J connectivity index is 2.97. The van der Waals surface area contributed by atoms with Crippen molar-refractivity contribution in [1.82, 2.24) is 5.32 Å². The number of ether oxygens (including phenoxy) is 2. The van der Waals surface area contributed by atoms with Gasteiger partial charge in [-0.1, -0.05) is 0 Å². The lowest BCUT2D eigenvalue weighted by Gasteiger charge is -2.24. The third-order valence-electron chi connectivity index (χ3n) is 2.11. The first-order chi connectivity index (χ1) is 7.67. The minimum atomic E-state index is -1.45. The highest BCUT2D eigenvalue weighted by molar-refractivity contribution is 6.04. The van der Waals surface area contributed by atoms with Crippen LogP contribution in [0.2, 0.25) is 0 Å². The summed E-state index contributed by atoms with van der Waals surface area (Å²) in [5.74, 6) is -1.25. The Morgan fingerprint density at radius 2 is 1.50 bits per heavy atom. The summed E-state index contributed by atoms with van der Waals surface area (Å²) in [6.45, 7) is 3.81. The number of nitrogens with one attached hydrogen (secondary N) is 1. The normalized spacial score (nSPS) is 16.4. The van der Waals surface area contributed by atoms with E-state index in [2.05, 4.69) is 5.32 Å². The van der Waals surface area contributed by atoms with E-state index in [4.69, 9.17) is 9.47 Å². The SMILES string of the molecule is CCOC(=O)C1(C(=O)OCC)C=CNC=C1. The van der Waals surface area contributed by atoms with Crippen LogP contribution in [0, 0.1) is 5.41 Å². The fourth-order valence-electron chi connectivity index (χ4n) is 1.33. The Bertz CT molecular complexity index is 301. The first-order valence-corrected chi connectivity index (χ1v) is 5.13. The molecule has 0 aliphatic carbocycles.